The van der Waals surface area contributed by atoms with Crippen LogP contribution in [-0.4, -0.2) is 34.7 Å². The molecule has 1 aromatic rings. The van der Waals surface area contributed by atoms with Crippen molar-refractivity contribution in [1.29, 1.82) is 0 Å². The molecule has 22 heavy (non-hydrogen) atoms. The molecule has 1 fully saturated rings. The number of carboxylic acid groups (broad SMARTS) is 1. The first-order valence-electron chi connectivity index (χ1n) is 7.79. The summed E-state index contributed by atoms with van der Waals surface area (Å²) in [6, 6.07) is 5.81. The molecule has 118 valence electrons. The number of hydrogen-bond donors (Lipinski definition) is 3. The maximum Gasteiger partial charge on any atom is 0.407 e. The van der Waals surface area contributed by atoms with Crippen molar-refractivity contribution in [1.82, 2.24) is 10.2 Å². The van der Waals surface area contributed by atoms with Gasteiger partial charge in [-0.25, -0.2) is 9.59 Å². The van der Waals surface area contributed by atoms with E-state index >= 15 is 0 Å². The topological polar surface area (TPSA) is 81.7 Å². The first-order valence-corrected chi connectivity index (χ1v) is 7.79. The monoisotopic (exact) mass is 303 g/mol. The summed E-state index contributed by atoms with van der Waals surface area (Å²) in [6.07, 6.45) is 4.28. The Morgan fingerprint density at radius 3 is 2.68 bits per heavy atom. The molecule has 3 rings (SSSR count). The van der Waals surface area contributed by atoms with E-state index in [0.29, 0.717) is 25.6 Å². The van der Waals surface area contributed by atoms with Gasteiger partial charge in [0.2, 0.25) is 0 Å². The number of carbonyl (C=O) groups excluding carboxylic acids is 1. The van der Waals surface area contributed by atoms with Gasteiger partial charge in [0.25, 0.3) is 0 Å². The Bertz CT molecular complexity index is 582. The Morgan fingerprint density at radius 2 is 1.95 bits per heavy atom. The summed E-state index contributed by atoms with van der Waals surface area (Å²) >= 11 is 0. The molecule has 0 radical (unpaired) electrons. The molecule has 0 bridgehead atoms. The molecule has 3 N–H and O–H groups in total. The lowest BCUT2D eigenvalue weighted by Gasteiger charge is -2.26. The predicted molar refractivity (Wildman–Crippen MR) is 83.0 cm³/mol. The van der Waals surface area contributed by atoms with Crippen molar-refractivity contribution < 1.29 is 14.7 Å². The largest absolute Gasteiger partial charge is 0.465 e. The lowest BCUT2D eigenvalue weighted by atomic mass is 9.99. The molecule has 0 unspecified atom stereocenters. The SMILES string of the molecule is O=C(Nc1ccc2c(c1)CCN(C(=O)O)C2)NC1CCCC1. The summed E-state index contributed by atoms with van der Waals surface area (Å²) in [6.45, 7) is 0.916. The van der Waals surface area contributed by atoms with E-state index in [0.717, 1.165) is 29.7 Å². The number of anilines is 1. The number of benzene rings is 1. The first kappa shape index (κ1) is 14.7. The van der Waals surface area contributed by atoms with Crippen LogP contribution in [0, 0.1) is 0 Å². The minimum atomic E-state index is -0.885. The minimum absolute atomic E-state index is 0.158. The lowest BCUT2D eigenvalue weighted by Crippen LogP contribution is -2.36. The predicted octanol–water partition coefficient (Wildman–Crippen LogP) is 2.79. The van der Waals surface area contributed by atoms with Crippen LogP contribution < -0.4 is 10.6 Å². The van der Waals surface area contributed by atoms with Crippen LogP contribution in [0.4, 0.5) is 15.3 Å². The zero-order chi connectivity index (χ0) is 15.5. The summed E-state index contributed by atoms with van der Waals surface area (Å²) in [7, 11) is 0. The minimum Gasteiger partial charge on any atom is -0.465 e. The third-order valence-electron chi connectivity index (χ3n) is 4.44. The van der Waals surface area contributed by atoms with Crippen molar-refractivity contribution in [2.24, 2.45) is 0 Å². The van der Waals surface area contributed by atoms with Crippen molar-refractivity contribution >= 4 is 17.8 Å². The molecule has 0 saturated heterocycles. The van der Waals surface area contributed by atoms with Gasteiger partial charge in [0, 0.05) is 24.8 Å². The van der Waals surface area contributed by atoms with Crippen LogP contribution in [0.1, 0.15) is 36.8 Å². The third kappa shape index (κ3) is 3.32. The number of hydrogen-bond acceptors (Lipinski definition) is 2. The second kappa shape index (κ2) is 6.25. The maximum absolute atomic E-state index is 12.0. The van der Waals surface area contributed by atoms with E-state index in [-0.39, 0.29) is 6.03 Å². The van der Waals surface area contributed by atoms with E-state index in [1.165, 1.54) is 17.7 Å². The quantitative estimate of drug-likeness (QED) is 0.785. The number of nitrogens with zero attached hydrogens (tertiary/aromatic N) is 1. The fourth-order valence-electron chi connectivity index (χ4n) is 3.22. The van der Waals surface area contributed by atoms with Crippen molar-refractivity contribution in [2.45, 2.75) is 44.7 Å². The standard InChI is InChI=1S/C16H21N3O3/c20-15(17-13-3-1-2-4-13)18-14-6-5-12-10-19(16(21)22)8-7-11(12)9-14/h5-6,9,13H,1-4,7-8,10H2,(H,21,22)(H2,17,18,20). The molecule has 6 heteroatoms. The Kier molecular flexibility index (Phi) is 4.18. The first-order chi connectivity index (χ1) is 10.6. The van der Waals surface area contributed by atoms with E-state index in [1.54, 1.807) is 0 Å². The third-order valence-corrected chi connectivity index (χ3v) is 4.44. The van der Waals surface area contributed by atoms with Crippen LogP contribution in [0.15, 0.2) is 18.2 Å². The van der Waals surface area contributed by atoms with Crippen molar-refractivity contribution in [3.63, 3.8) is 0 Å². The lowest BCUT2D eigenvalue weighted by molar-refractivity contribution is 0.140. The molecule has 1 aliphatic carbocycles. The summed E-state index contributed by atoms with van der Waals surface area (Å²) in [5.74, 6) is 0. The highest BCUT2D eigenvalue weighted by Crippen LogP contribution is 2.23. The van der Waals surface area contributed by atoms with Crippen LogP contribution in [0.3, 0.4) is 0 Å². The highest BCUT2D eigenvalue weighted by molar-refractivity contribution is 5.89. The molecule has 1 saturated carbocycles. The van der Waals surface area contributed by atoms with Crippen molar-refractivity contribution in [3.05, 3.63) is 29.3 Å². The van der Waals surface area contributed by atoms with Gasteiger partial charge < -0.3 is 20.6 Å². The van der Waals surface area contributed by atoms with Crippen LogP contribution in [0.5, 0.6) is 0 Å². The summed E-state index contributed by atoms with van der Waals surface area (Å²) in [4.78, 5) is 24.4. The van der Waals surface area contributed by atoms with E-state index < -0.39 is 6.09 Å². The van der Waals surface area contributed by atoms with Crippen LogP contribution in [-0.2, 0) is 13.0 Å². The second-order valence-corrected chi connectivity index (χ2v) is 6.02. The Hall–Kier alpha value is -2.24. The van der Waals surface area contributed by atoms with E-state index in [1.807, 2.05) is 18.2 Å². The number of urea groups is 1. The fraction of sp³-hybridized carbons (Fsp3) is 0.500. The highest BCUT2D eigenvalue weighted by Gasteiger charge is 2.21. The van der Waals surface area contributed by atoms with Crippen LogP contribution >= 0.6 is 0 Å². The fourth-order valence-corrected chi connectivity index (χ4v) is 3.22. The summed E-state index contributed by atoms with van der Waals surface area (Å²) in [5, 5.41) is 14.9. The van der Waals surface area contributed by atoms with E-state index in [2.05, 4.69) is 10.6 Å². The van der Waals surface area contributed by atoms with Crippen molar-refractivity contribution in [2.75, 3.05) is 11.9 Å². The molecule has 0 spiro atoms. The van der Waals surface area contributed by atoms with Crippen molar-refractivity contribution in [3.8, 4) is 0 Å². The summed E-state index contributed by atoms with van der Waals surface area (Å²) < 4.78 is 0. The van der Waals surface area contributed by atoms with Crippen LogP contribution in [0.2, 0.25) is 0 Å². The number of amides is 3. The molecule has 2 aliphatic rings. The van der Waals surface area contributed by atoms with Gasteiger partial charge >= 0.3 is 12.1 Å². The Balaban J connectivity index is 1.61. The van der Waals surface area contributed by atoms with Gasteiger partial charge in [0.1, 0.15) is 0 Å². The average molecular weight is 303 g/mol. The molecule has 0 aromatic heterocycles. The Morgan fingerprint density at radius 1 is 1.18 bits per heavy atom. The molecular weight excluding hydrogens is 282 g/mol. The van der Waals surface area contributed by atoms with Gasteiger partial charge in [-0.05, 0) is 42.5 Å². The highest BCUT2D eigenvalue weighted by atomic mass is 16.4. The molecule has 3 amide bonds. The van der Waals surface area contributed by atoms with Gasteiger partial charge in [-0.1, -0.05) is 18.9 Å². The van der Waals surface area contributed by atoms with Gasteiger partial charge in [0.15, 0.2) is 0 Å². The smallest absolute Gasteiger partial charge is 0.407 e. The average Bonchev–Trinajstić information content (AvgIpc) is 2.99. The normalized spacial score (nSPS) is 17.9. The maximum atomic E-state index is 12.0. The van der Waals surface area contributed by atoms with Gasteiger partial charge in [-0.15, -0.1) is 0 Å². The zero-order valence-electron chi connectivity index (χ0n) is 12.5. The van der Waals surface area contributed by atoms with Gasteiger partial charge in [-0.2, -0.15) is 0 Å². The van der Waals surface area contributed by atoms with E-state index in [4.69, 9.17) is 5.11 Å². The number of nitrogens with one attached hydrogen (secondary N) is 2. The van der Waals surface area contributed by atoms with Crippen LogP contribution in [0.25, 0.3) is 0 Å². The molecule has 1 aromatic carbocycles. The molecule has 1 heterocycles. The zero-order valence-corrected chi connectivity index (χ0v) is 12.5. The number of fused-ring (bicyclic) bond motifs is 1. The molecule has 0 atom stereocenters. The summed E-state index contributed by atoms with van der Waals surface area (Å²) in [5.41, 5.74) is 2.88. The number of rotatable bonds is 2. The van der Waals surface area contributed by atoms with E-state index in [9.17, 15) is 9.59 Å². The molecule has 6 nitrogen and oxygen atoms in total. The Labute approximate surface area is 129 Å². The number of carbonyl (C=O) groups is 2. The van der Waals surface area contributed by atoms with Gasteiger partial charge in [0.05, 0.1) is 0 Å². The second-order valence-electron chi connectivity index (χ2n) is 6.02. The van der Waals surface area contributed by atoms with Gasteiger partial charge in [-0.3, -0.25) is 0 Å². The molecule has 1 aliphatic heterocycles. The molecular formula is C16H21N3O3.